The van der Waals surface area contributed by atoms with Crippen molar-refractivity contribution in [2.75, 3.05) is 11.9 Å². The third kappa shape index (κ3) is 3.57. The minimum Gasteiger partial charge on any atom is -0.365 e. The van der Waals surface area contributed by atoms with Crippen LogP contribution in [-0.2, 0) is 20.1 Å². The van der Waals surface area contributed by atoms with Crippen LogP contribution in [0, 0.1) is 6.57 Å². The summed E-state index contributed by atoms with van der Waals surface area (Å²) in [4.78, 5) is 30.3. The SMILES string of the molecule is [C-]#[N+]c1ccc(NC(=O)N2CCn3nc(-c4ccc5c(ccn5C)c4)c(C(N)=O)c3C2)cc1. The van der Waals surface area contributed by atoms with E-state index in [9.17, 15) is 9.59 Å². The van der Waals surface area contributed by atoms with Gasteiger partial charge in [-0.1, -0.05) is 18.2 Å². The smallest absolute Gasteiger partial charge is 0.322 e. The van der Waals surface area contributed by atoms with Crippen molar-refractivity contribution in [1.82, 2.24) is 19.2 Å². The van der Waals surface area contributed by atoms with Crippen LogP contribution in [0.3, 0.4) is 0 Å². The normalized spacial score (nSPS) is 12.9. The molecule has 1 aliphatic rings. The number of carbonyl (C=O) groups is 2. The van der Waals surface area contributed by atoms with Crippen molar-refractivity contribution < 1.29 is 9.59 Å². The van der Waals surface area contributed by atoms with Crippen molar-refractivity contribution in [2.24, 2.45) is 12.8 Å². The second-order valence-electron chi connectivity index (χ2n) is 7.97. The molecule has 0 spiro atoms. The second kappa shape index (κ2) is 7.84. The number of benzene rings is 2. The number of nitrogens with one attached hydrogen (secondary N) is 1. The lowest BCUT2D eigenvalue weighted by Gasteiger charge is -2.28. The Morgan fingerprint density at radius 3 is 2.64 bits per heavy atom. The van der Waals surface area contributed by atoms with Gasteiger partial charge in [0.2, 0.25) is 0 Å². The molecule has 3 amide bonds. The summed E-state index contributed by atoms with van der Waals surface area (Å²) in [6.45, 7) is 8.13. The van der Waals surface area contributed by atoms with E-state index in [0.29, 0.717) is 41.4 Å². The maximum atomic E-state index is 12.8. The zero-order valence-corrected chi connectivity index (χ0v) is 17.9. The zero-order chi connectivity index (χ0) is 23.1. The van der Waals surface area contributed by atoms with Gasteiger partial charge in [0, 0.05) is 41.9 Å². The van der Waals surface area contributed by atoms with Gasteiger partial charge in [0.15, 0.2) is 5.69 Å². The van der Waals surface area contributed by atoms with Crippen molar-refractivity contribution in [3.63, 3.8) is 0 Å². The topological polar surface area (TPSA) is 103 Å². The largest absolute Gasteiger partial charge is 0.365 e. The molecule has 5 rings (SSSR count). The lowest BCUT2D eigenvalue weighted by molar-refractivity contribution is 0.0997. The monoisotopic (exact) mass is 439 g/mol. The van der Waals surface area contributed by atoms with E-state index in [2.05, 4.69) is 15.3 Å². The molecule has 0 unspecified atom stereocenters. The van der Waals surface area contributed by atoms with Gasteiger partial charge in [-0.05, 0) is 30.3 Å². The molecule has 9 nitrogen and oxygen atoms in total. The van der Waals surface area contributed by atoms with Crippen molar-refractivity contribution in [3.8, 4) is 11.3 Å². The van der Waals surface area contributed by atoms with Crippen LogP contribution in [0.25, 0.3) is 27.0 Å². The van der Waals surface area contributed by atoms with Crippen LogP contribution in [0.1, 0.15) is 16.1 Å². The molecule has 164 valence electrons. The standard InChI is InChI=1S/C24H21N7O2/c1-26-17-4-6-18(7-5-17)27-24(33)30-11-12-31-20(14-30)21(23(25)32)22(28-31)16-3-8-19-15(13-16)9-10-29(19)2/h3-10,13H,11-12,14H2,2H3,(H2,25,32)(H,27,33). The number of fused-ring (bicyclic) bond motifs is 2. The Kier molecular flexibility index (Phi) is 4.83. The van der Waals surface area contributed by atoms with Crippen LogP contribution < -0.4 is 11.1 Å². The lowest BCUT2D eigenvalue weighted by atomic mass is 10.0. The highest BCUT2D eigenvalue weighted by Crippen LogP contribution is 2.31. The molecule has 4 aromatic rings. The van der Waals surface area contributed by atoms with Crippen LogP contribution in [0.15, 0.2) is 54.7 Å². The molecule has 33 heavy (non-hydrogen) atoms. The third-order valence-corrected chi connectivity index (χ3v) is 5.92. The number of hydrogen-bond acceptors (Lipinski definition) is 3. The zero-order valence-electron chi connectivity index (χ0n) is 17.9. The van der Waals surface area contributed by atoms with Gasteiger partial charge in [-0.15, -0.1) is 0 Å². The Morgan fingerprint density at radius 2 is 1.91 bits per heavy atom. The average Bonchev–Trinajstić information content (AvgIpc) is 3.39. The van der Waals surface area contributed by atoms with E-state index in [0.717, 1.165) is 16.5 Å². The summed E-state index contributed by atoms with van der Waals surface area (Å²) in [6.07, 6.45) is 1.98. The van der Waals surface area contributed by atoms with E-state index in [1.54, 1.807) is 33.8 Å². The highest BCUT2D eigenvalue weighted by molar-refractivity contribution is 6.01. The lowest BCUT2D eigenvalue weighted by Crippen LogP contribution is -2.41. The molecule has 0 fully saturated rings. The fourth-order valence-electron chi connectivity index (χ4n) is 4.20. The average molecular weight is 439 g/mol. The van der Waals surface area contributed by atoms with E-state index in [1.807, 2.05) is 42.1 Å². The number of amides is 3. The van der Waals surface area contributed by atoms with Crippen LogP contribution >= 0.6 is 0 Å². The van der Waals surface area contributed by atoms with Crippen LogP contribution in [-0.4, -0.2) is 37.7 Å². The first kappa shape index (κ1) is 20.3. The van der Waals surface area contributed by atoms with E-state index in [-0.39, 0.29) is 12.6 Å². The molecule has 0 saturated carbocycles. The fourth-order valence-corrected chi connectivity index (χ4v) is 4.20. The second-order valence-corrected chi connectivity index (χ2v) is 7.97. The highest BCUT2D eigenvalue weighted by Gasteiger charge is 2.29. The van der Waals surface area contributed by atoms with Crippen LogP contribution in [0.2, 0.25) is 0 Å². The molecule has 1 aliphatic heterocycles. The summed E-state index contributed by atoms with van der Waals surface area (Å²) in [6, 6.07) is 14.3. The van der Waals surface area contributed by atoms with Gasteiger partial charge in [-0.25, -0.2) is 9.64 Å². The van der Waals surface area contributed by atoms with Gasteiger partial charge in [-0.3, -0.25) is 9.48 Å². The number of nitrogens with two attached hydrogens (primary N) is 1. The van der Waals surface area contributed by atoms with E-state index in [4.69, 9.17) is 12.3 Å². The molecular weight excluding hydrogens is 418 g/mol. The number of nitrogens with zero attached hydrogens (tertiary/aromatic N) is 5. The van der Waals surface area contributed by atoms with Crippen molar-refractivity contribution in [2.45, 2.75) is 13.1 Å². The number of aryl methyl sites for hydroxylation is 1. The number of hydrogen-bond donors (Lipinski definition) is 2. The first-order valence-corrected chi connectivity index (χ1v) is 10.4. The molecule has 0 aliphatic carbocycles. The van der Waals surface area contributed by atoms with Gasteiger partial charge >= 0.3 is 6.03 Å². The Hall–Kier alpha value is -4.58. The van der Waals surface area contributed by atoms with Gasteiger partial charge in [0.05, 0.1) is 30.9 Å². The Labute approximate surface area is 189 Å². The first-order valence-electron chi connectivity index (χ1n) is 10.4. The third-order valence-electron chi connectivity index (χ3n) is 5.92. The van der Waals surface area contributed by atoms with Crippen molar-refractivity contribution in [1.29, 1.82) is 0 Å². The summed E-state index contributed by atoms with van der Waals surface area (Å²) in [5.41, 5.74) is 10.2. The Morgan fingerprint density at radius 1 is 1.12 bits per heavy atom. The van der Waals surface area contributed by atoms with Crippen molar-refractivity contribution >= 4 is 34.2 Å². The molecule has 0 radical (unpaired) electrons. The minimum atomic E-state index is -0.573. The molecule has 3 N–H and O–H groups in total. The molecule has 0 saturated heterocycles. The predicted molar refractivity (Wildman–Crippen MR) is 125 cm³/mol. The molecule has 0 atom stereocenters. The summed E-state index contributed by atoms with van der Waals surface area (Å²) in [5.74, 6) is -0.573. The first-order chi connectivity index (χ1) is 15.9. The molecule has 2 aromatic carbocycles. The predicted octanol–water partition coefficient (Wildman–Crippen LogP) is 3.74. The molecule has 2 aromatic heterocycles. The minimum absolute atomic E-state index is 0.213. The summed E-state index contributed by atoms with van der Waals surface area (Å²) in [5, 5.41) is 8.56. The summed E-state index contributed by atoms with van der Waals surface area (Å²) >= 11 is 0. The molecule has 9 heteroatoms. The Balaban J connectivity index is 1.44. The highest BCUT2D eigenvalue weighted by atomic mass is 16.2. The maximum Gasteiger partial charge on any atom is 0.322 e. The van der Waals surface area contributed by atoms with E-state index < -0.39 is 5.91 Å². The maximum absolute atomic E-state index is 12.8. The number of rotatable bonds is 3. The van der Waals surface area contributed by atoms with E-state index in [1.165, 1.54) is 0 Å². The van der Waals surface area contributed by atoms with Crippen molar-refractivity contribution in [3.05, 3.63) is 77.4 Å². The van der Waals surface area contributed by atoms with E-state index >= 15 is 0 Å². The molecule has 3 heterocycles. The number of anilines is 1. The number of aromatic nitrogens is 3. The van der Waals surface area contributed by atoms with Gasteiger partial charge in [-0.2, -0.15) is 5.10 Å². The quantitative estimate of drug-likeness (QED) is 0.475. The van der Waals surface area contributed by atoms with Crippen LogP contribution in [0.4, 0.5) is 16.2 Å². The molecular formula is C24H21N7O2. The number of carbonyl (C=O) groups excluding carboxylic acids is 2. The summed E-state index contributed by atoms with van der Waals surface area (Å²) in [7, 11) is 1.98. The van der Waals surface area contributed by atoms with Gasteiger partial charge < -0.3 is 20.5 Å². The number of urea groups is 1. The number of primary amides is 1. The molecule has 0 bridgehead atoms. The summed E-state index contributed by atoms with van der Waals surface area (Å²) < 4.78 is 3.79. The van der Waals surface area contributed by atoms with Gasteiger partial charge in [0.25, 0.3) is 5.91 Å². The Bertz CT molecular complexity index is 1440. The van der Waals surface area contributed by atoms with Crippen LogP contribution in [0.5, 0.6) is 0 Å². The van der Waals surface area contributed by atoms with Gasteiger partial charge in [0.1, 0.15) is 5.69 Å². The fraction of sp³-hybridized carbons (Fsp3) is 0.167.